The number of pyridine rings is 1. The maximum Gasteiger partial charge on any atom is 0.347 e. The van der Waals surface area contributed by atoms with Crippen molar-refractivity contribution >= 4 is 5.97 Å². The van der Waals surface area contributed by atoms with Crippen molar-refractivity contribution in [3.8, 4) is 5.88 Å². The average Bonchev–Trinajstić information content (AvgIpc) is 2.69. The molecule has 0 bridgehead atoms. The first kappa shape index (κ1) is 19.4. The van der Waals surface area contributed by atoms with Gasteiger partial charge in [0.15, 0.2) is 11.0 Å². The average molecular weight is 381 g/mol. The molecule has 1 aromatic heterocycles. The molecule has 3 rings (SSSR count). The third-order valence-electron chi connectivity index (χ3n) is 4.07. The number of carbonyl (C=O) groups excluding carboxylic acids is 1. The van der Waals surface area contributed by atoms with Crippen LogP contribution < -0.4 is 10.2 Å². The summed E-state index contributed by atoms with van der Waals surface area (Å²) in [7, 11) is 0. The van der Waals surface area contributed by atoms with Crippen LogP contribution in [0.15, 0.2) is 65.5 Å². The molecule has 144 valence electrons. The van der Waals surface area contributed by atoms with E-state index in [1.54, 1.807) is 19.1 Å². The highest BCUT2D eigenvalue weighted by atomic mass is 19.1. The SMILES string of the molecule is CCOC(=O)c1c(OCc2ccccc2)[nH]c(Cc2ccc(F)cc2)cc1=O. The monoisotopic (exact) mass is 381 g/mol. The first-order chi connectivity index (χ1) is 13.6. The molecule has 1 heterocycles. The van der Waals surface area contributed by atoms with Gasteiger partial charge in [-0.3, -0.25) is 4.79 Å². The smallest absolute Gasteiger partial charge is 0.347 e. The first-order valence-electron chi connectivity index (χ1n) is 8.91. The van der Waals surface area contributed by atoms with Crippen LogP contribution in [0.4, 0.5) is 4.39 Å². The molecule has 0 aliphatic carbocycles. The van der Waals surface area contributed by atoms with Gasteiger partial charge in [0, 0.05) is 18.2 Å². The van der Waals surface area contributed by atoms with E-state index in [9.17, 15) is 14.0 Å². The second kappa shape index (κ2) is 8.99. The van der Waals surface area contributed by atoms with Crippen LogP contribution in [0.2, 0.25) is 0 Å². The lowest BCUT2D eigenvalue weighted by atomic mass is 10.1. The number of esters is 1. The van der Waals surface area contributed by atoms with Crippen molar-refractivity contribution < 1.29 is 18.7 Å². The van der Waals surface area contributed by atoms with Crippen LogP contribution in [0.5, 0.6) is 5.88 Å². The standard InChI is InChI=1S/C22H20FNO4/c1-2-27-22(26)20-19(25)13-18(12-15-8-10-17(23)11-9-15)24-21(20)28-14-16-6-4-3-5-7-16/h3-11,13H,2,12,14H2,1H3,(H,24,25). The molecule has 0 amide bonds. The summed E-state index contributed by atoms with van der Waals surface area (Å²) in [5.74, 6) is -1.01. The topological polar surface area (TPSA) is 68.4 Å². The summed E-state index contributed by atoms with van der Waals surface area (Å²) in [5.41, 5.74) is 1.60. The van der Waals surface area contributed by atoms with Crippen LogP contribution in [0.25, 0.3) is 0 Å². The van der Waals surface area contributed by atoms with E-state index in [0.29, 0.717) is 12.1 Å². The maximum absolute atomic E-state index is 13.1. The Bertz CT molecular complexity index is 997. The second-order valence-corrected chi connectivity index (χ2v) is 6.16. The summed E-state index contributed by atoms with van der Waals surface area (Å²) < 4.78 is 23.8. The van der Waals surface area contributed by atoms with E-state index in [1.807, 2.05) is 30.3 Å². The highest BCUT2D eigenvalue weighted by Crippen LogP contribution is 2.18. The minimum atomic E-state index is -0.736. The lowest BCUT2D eigenvalue weighted by molar-refractivity contribution is 0.0518. The molecule has 0 unspecified atom stereocenters. The fourth-order valence-electron chi connectivity index (χ4n) is 2.74. The molecule has 1 N–H and O–H groups in total. The van der Waals surface area contributed by atoms with Crippen LogP contribution in [0, 0.1) is 5.82 Å². The number of aromatic amines is 1. The van der Waals surface area contributed by atoms with Gasteiger partial charge >= 0.3 is 5.97 Å². The van der Waals surface area contributed by atoms with Gasteiger partial charge in [0.25, 0.3) is 0 Å². The highest BCUT2D eigenvalue weighted by Gasteiger charge is 2.20. The van der Waals surface area contributed by atoms with Crippen LogP contribution in [-0.4, -0.2) is 17.6 Å². The molecule has 0 saturated carbocycles. The fourth-order valence-corrected chi connectivity index (χ4v) is 2.74. The molecule has 28 heavy (non-hydrogen) atoms. The predicted octanol–water partition coefficient (Wildman–Crippen LogP) is 3.86. The van der Waals surface area contributed by atoms with E-state index >= 15 is 0 Å². The fraction of sp³-hybridized carbons (Fsp3) is 0.182. The second-order valence-electron chi connectivity index (χ2n) is 6.16. The Labute approximate surface area is 161 Å². The number of carbonyl (C=O) groups is 1. The Morgan fingerprint density at radius 3 is 2.43 bits per heavy atom. The predicted molar refractivity (Wildman–Crippen MR) is 103 cm³/mol. The quantitative estimate of drug-likeness (QED) is 0.631. The van der Waals surface area contributed by atoms with E-state index in [-0.39, 0.29) is 30.5 Å². The molecule has 0 aliphatic rings. The number of hydrogen-bond acceptors (Lipinski definition) is 4. The first-order valence-corrected chi connectivity index (χ1v) is 8.91. The minimum absolute atomic E-state index is 0.0620. The van der Waals surface area contributed by atoms with E-state index in [0.717, 1.165) is 11.1 Å². The zero-order valence-corrected chi connectivity index (χ0v) is 15.4. The Morgan fingerprint density at radius 2 is 1.75 bits per heavy atom. The third-order valence-corrected chi connectivity index (χ3v) is 4.07. The van der Waals surface area contributed by atoms with Crippen molar-refractivity contribution in [1.29, 1.82) is 0 Å². The molecule has 6 heteroatoms. The third kappa shape index (κ3) is 4.85. The van der Waals surface area contributed by atoms with Crippen molar-refractivity contribution in [2.24, 2.45) is 0 Å². The number of H-pyrrole nitrogens is 1. The van der Waals surface area contributed by atoms with Gasteiger partial charge in [0.05, 0.1) is 6.61 Å². The largest absolute Gasteiger partial charge is 0.473 e. The van der Waals surface area contributed by atoms with E-state index < -0.39 is 11.4 Å². The van der Waals surface area contributed by atoms with Crippen LogP contribution in [0.1, 0.15) is 34.1 Å². The van der Waals surface area contributed by atoms with Crippen molar-refractivity contribution in [1.82, 2.24) is 4.98 Å². The van der Waals surface area contributed by atoms with E-state index in [1.165, 1.54) is 18.2 Å². The number of benzene rings is 2. The van der Waals surface area contributed by atoms with Crippen molar-refractivity contribution in [3.63, 3.8) is 0 Å². The maximum atomic E-state index is 13.1. The van der Waals surface area contributed by atoms with Gasteiger partial charge < -0.3 is 14.5 Å². The minimum Gasteiger partial charge on any atom is -0.473 e. The van der Waals surface area contributed by atoms with Gasteiger partial charge in [0.1, 0.15) is 12.4 Å². The summed E-state index contributed by atoms with van der Waals surface area (Å²) >= 11 is 0. The number of aromatic nitrogens is 1. The molecular formula is C22H20FNO4. The number of ether oxygens (including phenoxy) is 2. The molecule has 0 saturated heterocycles. The zero-order chi connectivity index (χ0) is 19.9. The van der Waals surface area contributed by atoms with Crippen LogP contribution in [-0.2, 0) is 17.8 Å². The van der Waals surface area contributed by atoms with Gasteiger partial charge in [-0.05, 0) is 30.2 Å². The van der Waals surface area contributed by atoms with Crippen LogP contribution in [0.3, 0.4) is 0 Å². The van der Waals surface area contributed by atoms with Crippen molar-refractivity contribution in [3.05, 3.63) is 99.1 Å². The molecule has 0 radical (unpaired) electrons. The lowest BCUT2D eigenvalue weighted by Crippen LogP contribution is -2.21. The van der Waals surface area contributed by atoms with E-state index in [4.69, 9.17) is 9.47 Å². The highest BCUT2D eigenvalue weighted by molar-refractivity contribution is 5.91. The Kier molecular flexibility index (Phi) is 6.22. The summed E-state index contributed by atoms with van der Waals surface area (Å²) in [5, 5.41) is 0. The zero-order valence-electron chi connectivity index (χ0n) is 15.4. The van der Waals surface area contributed by atoms with Gasteiger partial charge in [-0.15, -0.1) is 0 Å². The number of nitrogens with one attached hydrogen (secondary N) is 1. The Hall–Kier alpha value is -3.41. The Morgan fingerprint density at radius 1 is 1.04 bits per heavy atom. The summed E-state index contributed by atoms with van der Waals surface area (Å²) in [4.78, 5) is 27.8. The van der Waals surface area contributed by atoms with Crippen molar-refractivity contribution in [2.75, 3.05) is 6.61 Å². The molecule has 0 aliphatic heterocycles. The van der Waals surface area contributed by atoms with E-state index in [2.05, 4.69) is 4.98 Å². The molecule has 5 nitrogen and oxygen atoms in total. The van der Waals surface area contributed by atoms with Crippen LogP contribution >= 0.6 is 0 Å². The van der Waals surface area contributed by atoms with Gasteiger partial charge in [-0.25, -0.2) is 9.18 Å². The van der Waals surface area contributed by atoms with Gasteiger partial charge in [0.2, 0.25) is 5.88 Å². The summed E-state index contributed by atoms with van der Waals surface area (Å²) in [6, 6.07) is 16.7. The number of hydrogen-bond donors (Lipinski definition) is 1. The molecule has 0 spiro atoms. The molecule has 3 aromatic rings. The lowest BCUT2D eigenvalue weighted by Gasteiger charge is -2.13. The molecular weight excluding hydrogens is 361 g/mol. The summed E-state index contributed by atoms with van der Waals surface area (Å²) in [6.45, 7) is 2.00. The molecule has 0 atom stereocenters. The van der Waals surface area contributed by atoms with Gasteiger partial charge in [-0.1, -0.05) is 42.5 Å². The van der Waals surface area contributed by atoms with Crippen molar-refractivity contribution in [2.45, 2.75) is 20.0 Å². The molecule has 0 fully saturated rings. The summed E-state index contributed by atoms with van der Waals surface area (Å²) in [6.07, 6.45) is 0.361. The molecule has 2 aromatic carbocycles. The normalized spacial score (nSPS) is 10.5. The number of halogens is 1. The van der Waals surface area contributed by atoms with Gasteiger partial charge in [-0.2, -0.15) is 0 Å². The Balaban J connectivity index is 1.92. The number of rotatable bonds is 7.